The number of hydrogen-bond donors (Lipinski definition) is 1. The predicted molar refractivity (Wildman–Crippen MR) is 113 cm³/mol. The predicted octanol–water partition coefficient (Wildman–Crippen LogP) is 3.61. The lowest BCUT2D eigenvalue weighted by molar-refractivity contribution is -0.145. The van der Waals surface area contributed by atoms with E-state index in [1.165, 1.54) is 6.92 Å². The Balaban J connectivity index is 1.48. The fourth-order valence-electron chi connectivity index (χ4n) is 3.13. The molecule has 2 amide bonds. The van der Waals surface area contributed by atoms with E-state index in [1.807, 2.05) is 36.4 Å². The van der Waals surface area contributed by atoms with Gasteiger partial charge in [-0.1, -0.05) is 18.2 Å². The van der Waals surface area contributed by atoms with Crippen LogP contribution in [-0.2, 0) is 27.2 Å². The zero-order valence-corrected chi connectivity index (χ0v) is 18.0. The van der Waals surface area contributed by atoms with Gasteiger partial charge in [0.1, 0.15) is 16.6 Å². The van der Waals surface area contributed by atoms with Crippen LogP contribution in [0.3, 0.4) is 0 Å². The molecule has 7 nitrogen and oxygen atoms in total. The molecule has 1 aromatic carbocycles. The Labute approximate surface area is 179 Å². The van der Waals surface area contributed by atoms with E-state index in [-0.39, 0.29) is 23.2 Å². The highest BCUT2D eigenvalue weighted by atomic mass is 32.2. The van der Waals surface area contributed by atoms with E-state index in [0.717, 1.165) is 34.3 Å². The minimum atomic E-state index is -0.774. The van der Waals surface area contributed by atoms with Gasteiger partial charge in [0, 0.05) is 30.8 Å². The van der Waals surface area contributed by atoms with Gasteiger partial charge in [-0.2, -0.15) is 0 Å². The number of nitrogens with zero attached hydrogens (tertiary/aromatic N) is 1. The molecular formula is C22H24N2O5S. The molecule has 1 N–H and O–H groups in total. The van der Waals surface area contributed by atoms with Crippen LogP contribution in [0.1, 0.15) is 43.7 Å². The summed E-state index contributed by atoms with van der Waals surface area (Å²) in [4.78, 5) is 38.8. The van der Waals surface area contributed by atoms with Gasteiger partial charge in [-0.15, -0.1) is 0 Å². The Morgan fingerprint density at radius 2 is 1.93 bits per heavy atom. The quantitative estimate of drug-likeness (QED) is 0.642. The standard InChI is InChI=1S/C22H24N2O5S/c1-14(29-15(2)25)17-6-7-18(23-13-17)10-11-28-19-8-4-16(5-9-19)12-22(3)20(26)24-21(27)30-22/h4-9,13-14H,10-12H2,1-3H3,(H,24,26,27)/t14-,22?/m1/s1. The first-order chi connectivity index (χ1) is 14.2. The van der Waals surface area contributed by atoms with Crippen molar-refractivity contribution >= 4 is 28.9 Å². The summed E-state index contributed by atoms with van der Waals surface area (Å²) in [5.74, 6) is 0.154. The molecule has 0 aliphatic carbocycles. The average molecular weight is 429 g/mol. The number of carbonyl (C=O) groups excluding carboxylic acids is 3. The zero-order chi connectivity index (χ0) is 21.7. The molecule has 0 saturated carbocycles. The van der Waals surface area contributed by atoms with Crippen LogP contribution in [0, 0.1) is 0 Å². The first kappa shape index (κ1) is 21.8. The van der Waals surface area contributed by atoms with Gasteiger partial charge in [-0.25, -0.2) is 0 Å². The number of ether oxygens (including phenoxy) is 2. The van der Waals surface area contributed by atoms with Crippen molar-refractivity contribution < 1.29 is 23.9 Å². The number of aromatic nitrogens is 1. The highest BCUT2D eigenvalue weighted by Crippen LogP contribution is 2.34. The number of benzene rings is 1. The summed E-state index contributed by atoms with van der Waals surface area (Å²) in [5, 5.41) is 2.03. The number of hydrogen-bond acceptors (Lipinski definition) is 7. The number of nitrogens with one attached hydrogen (secondary N) is 1. The molecule has 1 aliphatic rings. The number of amides is 2. The maximum absolute atomic E-state index is 12.0. The van der Waals surface area contributed by atoms with Crippen LogP contribution in [0.2, 0.25) is 0 Å². The Morgan fingerprint density at radius 1 is 1.20 bits per heavy atom. The molecule has 1 fully saturated rings. The van der Waals surface area contributed by atoms with Crippen LogP contribution >= 0.6 is 11.8 Å². The Bertz CT molecular complexity index is 930. The van der Waals surface area contributed by atoms with Crippen LogP contribution in [0.5, 0.6) is 5.75 Å². The number of pyridine rings is 1. The van der Waals surface area contributed by atoms with Gasteiger partial charge in [-0.05, 0) is 55.8 Å². The zero-order valence-electron chi connectivity index (χ0n) is 17.1. The lowest BCUT2D eigenvalue weighted by Crippen LogP contribution is -2.35. The van der Waals surface area contributed by atoms with Crippen LogP contribution in [-0.4, -0.2) is 33.5 Å². The van der Waals surface area contributed by atoms with Crippen LogP contribution in [0.15, 0.2) is 42.6 Å². The van der Waals surface area contributed by atoms with Crippen molar-refractivity contribution in [1.29, 1.82) is 0 Å². The maximum Gasteiger partial charge on any atom is 0.303 e. The molecule has 0 bridgehead atoms. The van der Waals surface area contributed by atoms with Crippen LogP contribution < -0.4 is 10.1 Å². The van der Waals surface area contributed by atoms with Gasteiger partial charge in [0.15, 0.2) is 0 Å². The van der Waals surface area contributed by atoms with E-state index in [0.29, 0.717) is 19.4 Å². The number of imide groups is 1. The highest BCUT2D eigenvalue weighted by molar-refractivity contribution is 8.16. The lowest BCUT2D eigenvalue weighted by atomic mass is 9.99. The summed E-state index contributed by atoms with van der Waals surface area (Å²) in [6, 6.07) is 11.3. The summed E-state index contributed by atoms with van der Waals surface area (Å²) in [6.07, 6.45) is 2.49. The summed E-state index contributed by atoms with van der Waals surface area (Å²) in [6.45, 7) is 5.43. The van der Waals surface area contributed by atoms with Gasteiger partial charge < -0.3 is 9.47 Å². The lowest BCUT2D eigenvalue weighted by Gasteiger charge is -2.18. The van der Waals surface area contributed by atoms with E-state index in [4.69, 9.17) is 9.47 Å². The van der Waals surface area contributed by atoms with Crippen LogP contribution in [0.25, 0.3) is 0 Å². The van der Waals surface area contributed by atoms with Gasteiger partial charge in [0.2, 0.25) is 5.91 Å². The van der Waals surface area contributed by atoms with Crippen molar-refractivity contribution in [3.05, 3.63) is 59.4 Å². The Morgan fingerprint density at radius 3 is 2.50 bits per heavy atom. The van der Waals surface area contributed by atoms with E-state index >= 15 is 0 Å². The number of carbonyl (C=O) groups is 3. The Kier molecular flexibility index (Phi) is 6.77. The van der Waals surface area contributed by atoms with E-state index in [9.17, 15) is 14.4 Å². The molecule has 2 atom stereocenters. The topological polar surface area (TPSA) is 94.6 Å². The van der Waals surface area contributed by atoms with Crippen molar-refractivity contribution in [2.24, 2.45) is 0 Å². The number of esters is 1. The van der Waals surface area contributed by atoms with Gasteiger partial charge >= 0.3 is 5.97 Å². The average Bonchev–Trinajstić information content (AvgIpc) is 2.94. The highest BCUT2D eigenvalue weighted by Gasteiger charge is 2.43. The molecule has 1 aromatic heterocycles. The minimum absolute atomic E-state index is 0.251. The largest absolute Gasteiger partial charge is 0.493 e. The fourth-order valence-corrected chi connectivity index (χ4v) is 4.06. The minimum Gasteiger partial charge on any atom is -0.493 e. The fraction of sp³-hybridized carbons (Fsp3) is 0.364. The molecule has 8 heteroatoms. The van der Waals surface area contributed by atoms with Gasteiger partial charge in [-0.3, -0.25) is 24.7 Å². The second-order valence-electron chi connectivity index (χ2n) is 7.33. The van der Waals surface area contributed by atoms with E-state index in [1.54, 1.807) is 20.0 Å². The van der Waals surface area contributed by atoms with E-state index < -0.39 is 4.75 Å². The number of thioether (sulfide) groups is 1. The third kappa shape index (κ3) is 5.60. The second kappa shape index (κ2) is 9.30. The molecule has 0 radical (unpaired) electrons. The molecule has 1 aliphatic heterocycles. The normalized spacial score (nSPS) is 19.3. The van der Waals surface area contributed by atoms with Crippen molar-refractivity contribution in [2.45, 2.75) is 44.5 Å². The smallest absolute Gasteiger partial charge is 0.303 e. The monoisotopic (exact) mass is 428 g/mol. The first-order valence-electron chi connectivity index (χ1n) is 9.63. The van der Waals surface area contributed by atoms with Gasteiger partial charge in [0.25, 0.3) is 5.24 Å². The maximum atomic E-state index is 12.0. The molecule has 2 aromatic rings. The summed E-state index contributed by atoms with van der Waals surface area (Å²) in [7, 11) is 0. The summed E-state index contributed by atoms with van der Waals surface area (Å²) >= 11 is 1.03. The van der Waals surface area contributed by atoms with Crippen molar-refractivity contribution in [1.82, 2.24) is 10.3 Å². The van der Waals surface area contributed by atoms with Crippen LogP contribution in [0.4, 0.5) is 4.79 Å². The summed E-state index contributed by atoms with van der Waals surface area (Å²) < 4.78 is 10.1. The van der Waals surface area contributed by atoms with E-state index in [2.05, 4.69) is 10.3 Å². The molecule has 1 saturated heterocycles. The van der Waals surface area contributed by atoms with Gasteiger partial charge in [0.05, 0.1) is 6.61 Å². The SMILES string of the molecule is CC(=O)O[C@H](C)c1ccc(CCOc2ccc(CC3(C)SC(=O)NC3=O)cc2)nc1. The first-order valence-corrected chi connectivity index (χ1v) is 10.4. The molecule has 30 heavy (non-hydrogen) atoms. The second-order valence-corrected chi connectivity index (χ2v) is 8.80. The summed E-state index contributed by atoms with van der Waals surface area (Å²) in [5.41, 5.74) is 2.68. The molecule has 3 rings (SSSR count). The molecule has 0 spiro atoms. The molecule has 2 heterocycles. The third-order valence-electron chi connectivity index (χ3n) is 4.77. The molecule has 1 unspecified atom stereocenters. The Hall–Kier alpha value is -2.87. The van der Waals surface area contributed by atoms with Crippen molar-refractivity contribution in [3.63, 3.8) is 0 Å². The van der Waals surface area contributed by atoms with Crippen molar-refractivity contribution in [2.75, 3.05) is 6.61 Å². The molecule has 158 valence electrons. The number of rotatable bonds is 8. The molecular weight excluding hydrogens is 404 g/mol. The third-order valence-corrected chi connectivity index (χ3v) is 5.83. The van der Waals surface area contributed by atoms with Crippen molar-refractivity contribution in [3.8, 4) is 5.75 Å².